The number of carbonyl (C=O) groups is 2. The number of hydrogen-bond acceptors (Lipinski definition) is 4. The van der Waals surface area contributed by atoms with Gasteiger partial charge in [-0.05, 0) is 23.6 Å². The minimum absolute atomic E-state index is 0.0110. The summed E-state index contributed by atoms with van der Waals surface area (Å²) < 4.78 is 4.92. The fraction of sp³-hybridized carbons (Fsp3) is 0.316. The quantitative estimate of drug-likeness (QED) is 0.792. The SMILES string of the molecule is COC(=O)C1CC(=O)N(CCc2cccnc2)C1c1ccccc1. The molecule has 2 aromatic rings. The van der Waals surface area contributed by atoms with Crippen molar-refractivity contribution in [3.63, 3.8) is 0 Å². The molecule has 0 N–H and O–H groups in total. The molecular weight excluding hydrogens is 304 g/mol. The molecule has 0 aliphatic carbocycles. The monoisotopic (exact) mass is 324 g/mol. The first kappa shape index (κ1) is 16.2. The number of nitrogens with zero attached hydrogens (tertiary/aromatic N) is 2. The number of amides is 1. The van der Waals surface area contributed by atoms with Crippen LogP contribution in [-0.2, 0) is 20.7 Å². The van der Waals surface area contributed by atoms with Crippen LogP contribution in [0.2, 0.25) is 0 Å². The van der Waals surface area contributed by atoms with Crippen molar-refractivity contribution < 1.29 is 14.3 Å². The lowest BCUT2D eigenvalue weighted by Gasteiger charge is -2.27. The number of carbonyl (C=O) groups excluding carboxylic acids is 2. The zero-order valence-corrected chi connectivity index (χ0v) is 13.6. The molecule has 5 heteroatoms. The molecule has 1 aliphatic heterocycles. The Hall–Kier alpha value is -2.69. The largest absolute Gasteiger partial charge is 0.469 e. The Kier molecular flexibility index (Phi) is 4.89. The number of ether oxygens (including phenoxy) is 1. The number of rotatable bonds is 5. The highest BCUT2D eigenvalue weighted by atomic mass is 16.5. The molecule has 1 aromatic carbocycles. The van der Waals surface area contributed by atoms with Crippen LogP contribution in [0.15, 0.2) is 54.9 Å². The molecule has 5 nitrogen and oxygen atoms in total. The maximum atomic E-state index is 12.5. The molecular formula is C19H20N2O3. The molecule has 0 bridgehead atoms. The van der Waals surface area contributed by atoms with Gasteiger partial charge in [0, 0.05) is 25.4 Å². The molecule has 124 valence electrons. The van der Waals surface area contributed by atoms with Gasteiger partial charge in [0.1, 0.15) is 0 Å². The number of pyridine rings is 1. The van der Waals surface area contributed by atoms with Crippen molar-refractivity contribution in [3.8, 4) is 0 Å². The maximum absolute atomic E-state index is 12.5. The van der Waals surface area contributed by atoms with Crippen LogP contribution in [0.3, 0.4) is 0 Å². The number of benzene rings is 1. The third-order valence-electron chi connectivity index (χ3n) is 4.44. The Labute approximate surface area is 141 Å². The average Bonchev–Trinajstić information content (AvgIpc) is 2.97. The summed E-state index contributed by atoms with van der Waals surface area (Å²) in [6, 6.07) is 13.3. The molecule has 0 radical (unpaired) electrons. The third-order valence-corrected chi connectivity index (χ3v) is 4.44. The van der Waals surface area contributed by atoms with E-state index in [4.69, 9.17) is 4.74 Å². The fourth-order valence-corrected chi connectivity index (χ4v) is 3.27. The highest BCUT2D eigenvalue weighted by molar-refractivity contribution is 5.88. The van der Waals surface area contributed by atoms with Gasteiger partial charge in [-0.25, -0.2) is 0 Å². The molecule has 0 saturated carbocycles. The summed E-state index contributed by atoms with van der Waals surface area (Å²) in [7, 11) is 1.37. The van der Waals surface area contributed by atoms with Crippen molar-refractivity contribution in [1.29, 1.82) is 0 Å². The van der Waals surface area contributed by atoms with E-state index in [9.17, 15) is 9.59 Å². The normalized spacial score (nSPS) is 20.2. The van der Waals surface area contributed by atoms with Gasteiger partial charge in [-0.3, -0.25) is 14.6 Å². The van der Waals surface area contributed by atoms with Gasteiger partial charge < -0.3 is 9.64 Å². The van der Waals surface area contributed by atoms with Gasteiger partial charge in [0.15, 0.2) is 0 Å². The molecule has 24 heavy (non-hydrogen) atoms. The van der Waals surface area contributed by atoms with Gasteiger partial charge in [0.25, 0.3) is 0 Å². The smallest absolute Gasteiger partial charge is 0.311 e. The van der Waals surface area contributed by atoms with Crippen LogP contribution in [0.1, 0.15) is 23.6 Å². The second-order valence-corrected chi connectivity index (χ2v) is 5.89. The minimum Gasteiger partial charge on any atom is -0.469 e. The molecule has 1 aliphatic rings. The summed E-state index contributed by atoms with van der Waals surface area (Å²) in [4.78, 5) is 30.6. The summed E-state index contributed by atoms with van der Waals surface area (Å²) in [5.74, 6) is -0.803. The lowest BCUT2D eigenvalue weighted by molar-refractivity contribution is -0.146. The standard InChI is InChI=1S/C19H20N2O3/c1-24-19(23)16-12-17(22)21(11-9-14-6-5-10-20-13-14)18(16)15-7-3-2-4-8-15/h2-8,10,13,16,18H,9,11-12H2,1H3. The second kappa shape index (κ2) is 7.25. The van der Waals surface area contributed by atoms with Crippen molar-refractivity contribution in [2.24, 2.45) is 5.92 Å². The predicted molar refractivity (Wildman–Crippen MR) is 89.0 cm³/mol. The van der Waals surface area contributed by atoms with Gasteiger partial charge in [-0.2, -0.15) is 0 Å². The van der Waals surface area contributed by atoms with Gasteiger partial charge in [0.2, 0.25) is 5.91 Å². The highest BCUT2D eigenvalue weighted by Crippen LogP contribution is 2.38. The summed E-state index contributed by atoms with van der Waals surface area (Å²) >= 11 is 0. The van der Waals surface area contributed by atoms with Gasteiger partial charge in [-0.15, -0.1) is 0 Å². The van der Waals surface area contributed by atoms with Crippen molar-refractivity contribution >= 4 is 11.9 Å². The van der Waals surface area contributed by atoms with E-state index in [1.165, 1.54) is 7.11 Å². The Morgan fingerprint density at radius 2 is 2.04 bits per heavy atom. The first-order valence-corrected chi connectivity index (χ1v) is 8.02. The van der Waals surface area contributed by atoms with Gasteiger partial charge >= 0.3 is 5.97 Å². The molecule has 2 heterocycles. The van der Waals surface area contributed by atoms with E-state index in [-0.39, 0.29) is 24.3 Å². The van der Waals surface area contributed by atoms with Crippen LogP contribution in [0.4, 0.5) is 0 Å². The number of esters is 1. The average molecular weight is 324 g/mol. The van der Waals surface area contributed by atoms with Crippen LogP contribution in [-0.4, -0.2) is 35.4 Å². The Morgan fingerprint density at radius 3 is 2.71 bits per heavy atom. The molecule has 1 aromatic heterocycles. The van der Waals surface area contributed by atoms with Gasteiger partial charge in [-0.1, -0.05) is 36.4 Å². The lowest BCUT2D eigenvalue weighted by Crippen LogP contribution is -2.32. The van der Waals surface area contributed by atoms with Crippen molar-refractivity contribution in [3.05, 3.63) is 66.0 Å². The first-order valence-electron chi connectivity index (χ1n) is 8.02. The molecule has 0 spiro atoms. The van der Waals surface area contributed by atoms with Crippen molar-refractivity contribution in [2.45, 2.75) is 18.9 Å². The topological polar surface area (TPSA) is 59.5 Å². The van der Waals surface area contributed by atoms with E-state index < -0.39 is 5.92 Å². The van der Waals surface area contributed by atoms with Crippen LogP contribution < -0.4 is 0 Å². The predicted octanol–water partition coefficient (Wildman–Crippen LogP) is 2.39. The van der Waals surface area contributed by atoms with E-state index in [2.05, 4.69) is 4.98 Å². The molecule has 3 rings (SSSR count). The van der Waals surface area contributed by atoms with E-state index >= 15 is 0 Å². The number of methoxy groups -OCH3 is 1. The highest BCUT2D eigenvalue weighted by Gasteiger charge is 2.44. The van der Waals surface area contributed by atoms with Crippen LogP contribution in [0, 0.1) is 5.92 Å². The summed E-state index contributed by atoms with van der Waals surface area (Å²) in [6.07, 6.45) is 4.43. The Morgan fingerprint density at radius 1 is 1.25 bits per heavy atom. The summed E-state index contributed by atoms with van der Waals surface area (Å²) in [5.41, 5.74) is 2.03. The molecule has 1 saturated heterocycles. The molecule has 1 fully saturated rings. The Bertz CT molecular complexity index is 703. The van der Waals surface area contributed by atoms with E-state index in [0.717, 1.165) is 11.1 Å². The Balaban J connectivity index is 1.84. The minimum atomic E-state index is -0.459. The zero-order chi connectivity index (χ0) is 16.9. The fourth-order valence-electron chi connectivity index (χ4n) is 3.27. The number of hydrogen-bond donors (Lipinski definition) is 0. The van der Waals surface area contributed by atoms with Crippen molar-refractivity contribution in [1.82, 2.24) is 9.88 Å². The summed E-state index contributed by atoms with van der Waals surface area (Å²) in [6.45, 7) is 0.553. The van der Waals surface area contributed by atoms with Crippen LogP contribution >= 0.6 is 0 Å². The lowest BCUT2D eigenvalue weighted by atomic mass is 9.93. The summed E-state index contributed by atoms with van der Waals surface area (Å²) in [5, 5.41) is 0. The van der Waals surface area contributed by atoms with E-state index in [0.29, 0.717) is 13.0 Å². The zero-order valence-electron chi connectivity index (χ0n) is 13.6. The maximum Gasteiger partial charge on any atom is 0.311 e. The molecule has 2 unspecified atom stereocenters. The van der Waals surface area contributed by atoms with Gasteiger partial charge in [0.05, 0.1) is 19.1 Å². The van der Waals surface area contributed by atoms with E-state index in [1.54, 1.807) is 17.3 Å². The van der Waals surface area contributed by atoms with Crippen LogP contribution in [0.25, 0.3) is 0 Å². The first-order chi connectivity index (χ1) is 11.7. The number of aromatic nitrogens is 1. The third kappa shape index (κ3) is 3.30. The van der Waals surface area contributed by atoms with Crippen molar-refractivity contribution in [2.75, 3.05) is 13.7 Å². The molecule has 2 atom stereocenters. The molecule has 1 amide bonds. The number of likely N-dealkylation sites (tertiary alicyclic amines) is 1. The second-order valence-electron chi connectivity index (χ2n) is 5.89. The van der Waals surface area contributed by atoms with Crippen LogP contribution in [0.5, 0.6) is 0 Å². The van der Waals surface area contributed by atoms with E-state index in [1.807, 2.05) is 42.5 Å².